The molecule has 3 heterocycles. The summed E-state index contributed by atoms with van der Waals surface area (Å²) in [5, 5.41) is 3.61. The van der Waals surface area contributed by atoms with Crippen molar-refractivity contribution in [1.29, 1.82) is 0 Å². The lowest BCUT2D eigenvalue weighted by Crippen LogP contribution is -2.34. The Hall–Kier alpha value is -3.96. The Bertz CT molecular complexity index is 1580. The summed E-state index contributed by atoms with van der Waals surface area (Å²) in [7, 11) is 0. The second kappa shape index (κ2) is 11.3. The molecule has 2 aromatic carbocycles. The quantitative estimate of drug-likeness (QED) is 0.205. The van der Waals surface area contributed by atoms with Crippen LogP contribution in [0.15, 0.2) is 60.8 Å². The number of hydrogen-bond donors (Lipinski definition) is 1. The standard InChI is InChI=1S/C28H22ClF5N4O2/c29-19-10-17(11-20(30)13-19)2-1-8-37-9-6-24-23(16-37)22-4-3-21(40-28(32,33)34)14-25(22)38(24)27(39)36-15-18-5-7-35-26(31)12-18/h1-5,7,10-14H,6,8-9,15-16H2,(H,36,39). The van der Waals surface area contributed by atoms with Crippen LogP contribution in [0.4, 0.5) is 26.7 Å². The van der Waals surface area contributed by atoms with Gasteiger partial charge in [-0.05, 0) is 59.2 Å². The van der Waals surface area contributed by atoms with Crippen LogP contribution in [0.3, 0.4) is 0 Å². The molecule has 0 unspecified atom stereocenters. The van der Waals surface area contributed by atoms with Gasteiger partial charge >= 0.3 is 12.4 Å². The number of carbonyl (C=O) groups excluding carboxylic acids is 1. The molecule has 0 aliphatic carbocycles. The van der Waals surface area contributed by atoms with Crippen LogP contribution in [-0.4, -0.2) is 39.9 Å². The molecule has 208 valence electrons. The molecule has 6 nitrogen and oxygen atoms in total. The van der Waals surface area contributed by atoms with Gasteiger partial charge in [0.15, 0.2) is 0 Å². The lowest BCUT2D eigenvalue weighted by atomic mass is 10.0. The molecule has 0 saturated heterocycles. The van der Waals surface area contributed by atoms with Crippen LogP contribution in [0.1, 0.15) is 22.4 Å². The first-order chi connectivity index (χ1) is 19.1. The fourth-order valence-electron chi connectivity index (χ4n) is 4.80. The van der Waals surface area contributed by atoms with E-state index in [0.717, 1.165) is 5.56 Å². The third-order valence-electron chi connectivity index (χ3n) is 6.43. The van der Waals surface area contributed by atoms with Crippen molar-refractivity contribution in [3.8, 4) is 5.75 Å². The molecular formula is C28H22ClF5N4O2. The van der Waals surface area contributed by atoms with Crippen LogP contribution in [0.5, 0.6) is 5.75 Å². The summed E-state index contributed by atoms with van der Waals surface area (Å²) in [6, 6.07) is 10.3. The van der Waals surface area contributed by atoms with E-state index in [-0.39, 0.29) is 17.1 Å². The van der Waals surface area contributed by atoms with Crippen molar-refractivity contribution in [3.05, 3.63) is 100.0 Å². The van der Waals surface area contributed by atoms with Crippen LogP contribution in [0.2, 0.25) is 5.02 Å². The predicted molar refractivity (Wildman–Crippen MR) is 140 cm³/mol. The van der Waals surface area contributed by atoms with Gasteiger partial charge in [-0.1, -0.05) is 23.8 Å². The van der Waals surface area contributed by atoms with Gasteiger partial charge in [-0.3, -0.25) is 9.47 Å². The van der Waals surface area contributed by atoms with E-state index in [9.17, 15) is 26.7 Å². The maximum absolute atomic E-state index is 13.6. The van der Waals surface area contributed by atoms with Gasteiger partial charge in [0.05, 0.1) is 5.52 Å². The van der Waals surface area contributed by atoms with E-state index < -0.39 is 29.9 Å². The molecule has 1 aliphatic heterocycles. The molecular weight excluding hydrogens is 555 g/mol. The number of rotatable bonds is 6. The third kappa shape index (κ3) is 6.43. The van der Waals surface area contributed by atoms with Crippen molar-refractivity contribution >= 4 is 34.6 Å². The number of nitrogens with one attached hydrogen (secondary N) is 1. The van der Waals surface area contributed by atoms with Gasteiger partial charge < -0.3 is 10.1 Å². The van der Waals surface area contributed by atoms with Crippen LogP contribution >= 0.6 is 11.6 Å². The zero-order valence-electron chi connectivity index (χ0n) is 20.8. The van der Waals surface area contributed by atoms with E-state index in [1.165, 1.54) is 47.2 Å². The average molecular weight is 577 g/mol. The molecule has 4 aromatic rings. The normalized spacial score (nSPS) is 14.1. The van der Waals surface area contributed by atoms with Gasteiger partial charge in [-0.25, -0.2) is 14.2 Å². The van der Waals surface area contributed by atoms with Crippen LogP contribution in [0, 0.1) is 11.8 Å². The summed E-state index contributed by atoms with van der Waals surface area (Å²) in [6.45, 7) is 1.49. The van der Waals surface area contributed by atoms with Gasteiger partial charge in [0, 0.05) is 61.0 Å². The second-order valence-corrected chi connectivity index (χ2v) is 9.66. The van der Waals surface area contributed by atoms with Crippen molar-refractivity contribution in [2.24, 2.45) is 0 Å². The summed E-state index contributed by atoms with van der Waals surface area (Å²) in [6.07, 6.45) is 0.440. The highest BCUT2D eigenvalue weighted by Crippen LogP contribution is 2.34. The summed E-state index contributed by atoms with van der Waals surface area (Å²) < 4.78 is 71.3. The van der Waals surface area contributed by atoms with Crippen molar-refractivity contribution in [3.63, 3.8) is 0 Å². The molecule has 0 atom stereocenters. The van der Waals surface area contributed by atoms with E-state index in [0.29, 0.717) is 48.3 Å². The highest BCUT2D eigenvalue weighted by atomic mass is 35.5. The monoisotopic (exact) mass is 576 g/mol. The fourth-order valence-corrected chi connectivity index (χ4v) is 5.03. The summed E-state index contributed by atoms with van der Waals surface area (Å²) in [4.78, 5) is 18.9. The lowest BCUT2D eigenvalue weighted by molar-refractivity contribution is -0.274. The van der Waals surface area contributed by atoms with E-state index in [1.54, 1.807) is 18.2 Å². The molecule has 12 heteroatoms. The Kier molecular flexibility index (Phi) is 7.77. The second-order valence-electron chi connectivity index (χ2n) is 9.22. The number of carbonyl (C=O) groups is 1. The fraction of sp³-hybridized carbons (Fsp3) is 0.214. The highest BCUT2D eigenvalue weighted by molar-refractivity contribution is 6.30. The Balaban J connectivity index is 1.42. The maximum atomic E-state index is 13.6. The van der Waals surface area contributed by atoms with Gasteiger partial charge in [-0.2, -0.15) is 4.39 Å². The molecule has 0 spiro atoms. The molecule has 5 rings (SSSR count). The van der Waals surface area contributed by atoms with E-state index in [4.69, 9.17) is 11.6 Å². The number of pyridine rings is 1. The number of alkyl halides is 3. The number of halogens is 6. The minimum Gasteiger partial charge on any atom is -0.406 e. The number of aromatic nitrogens is 2. The summed E-state index contributed by atoms with van der Waals surface area (Å²) >= 11 is 5.92. The Morgan fingerprint density at radius 2 is 1.95 bits per heavy atom. The largest absolute Gasteiger partial charge is 0.573 e. The highest BCUT2D eigenvalue weighted by Gasteiger charge is 2.32. The molecule has 0 radical (unpaired) electrons. The third-order valence-corrected chi connectivity index (χ3v) is 6.65. The Labute approximate surface area is 230 Å². The zero-order chi connectivity index (χ0) is 28.4. The van der Waals surface area contributed by atoms with Gasteiger partial charge in [-0.15, -0.1) is 13.2 Å². The molecule has 2 aromatic heterocycles. The van der Waals surface area contributed by atoms with Crippen LogP contribution < -0.4 is 10.1 Å². The van der Waals surface area contributed by atoms with Crippen molar-refractivity contribution in [2.75, 3.05) is 13.1 Å². The van der Waals surface area contributed by atoms with Crippen LogP contribution in [0.25, 0.3) is 17.0 Å². The molecule has 40 heavy (non-hydrogen) atoms. The number of hydrogen-bond acceptors (Lipinski definition) is 4. The van der Waals surface area contributed by atoms with E-state index in [2.05, 4.69) is 19.9 Å². The topological polar surface area (TPSA) is 59.4 Å². The maximum Gasteiger partial charge on any atom is 0.573 e. The first-order valence-electron chi connectivity index (χ1n) is 12.2. The van der Waals surface area contributed by atoms with Gasteiger partial charge in [0.1, 0.15) is 11.6 Å². The molecule has 1 aliphatic rings. The summed E-state index contributed by atoms with van der Waals surface area (Å²) in [5.41, 5.74) is 2.81. The van der Waals surface area contributed by atoms with Crippen molar-refractivity contribution in [2.45, 2.75) is 25.9 Å². The minimum atomic E-state index is -4.90. The summed E-state index contributed by atoms with van der Waals surface area (Å²) in [5.74, 6) is -1.59. The SMILES string of the molecule is O=C(NCc1ccnc(F)c1)n1c2c(c3ccc(OC(F)(F)F)cc31)CN(CC=Cc1cc(F)cc(Cl)c1)CC2. The molecule has 1 N–H and O–H groups in total. The molecule has 0 saturated carbocycles. The number of benzene rings is 2. The average Bonchev–Trinajstić information content (AvgIpc) is 3.19. The van der Waals surface area contributed by atoms with Crippen LogP contribution in [-0.2, 0) is 19.5 Å². The molecule has 0 bridgehead atoms. The van der Waals surface area contributed by atoms with Gasteiger partial charge in [0.25, 0.3) is 0 Å². The molecule has 1 amide bonds. The van der Waals surface area contributed by atoms with E-state index in [1.807, 2.05) is 6.08 Å². The Morgan fingerprint density at radius 3 is 2.70 bits per heavy atom. The van der Waals surface area contributed by atoms with Gasteiger partial charge in [0.2, 0.25) is 5.95 Å². The predicted octanol–water partition coefficient (Wildman–Crippen LogP) is 6.70. The molecule has 0 fully saturated rings. The minimum absolute atomic E-state index is 0.00746. The number of nitrogens with zero attached hydrogens (tertiary/aromatic N) is 3. The first kappa shape index (κ1) is 27.6. The number of ether oxygens (including phenoxy) is 1. The lowest BCUT2D eigenvalue weighted by Gasteiger charge is -2.27. The Morgan fingerprint density at radius 1 is 1.12 bits per heavy atom. The van der Waals surface area contributed by atoms with E-state index >= 15 is 0 Å². The smallest absolute Gasteiger partial charge is 0.406 e. The number of fused-ring (bicyclic) bond motifs is 3. The number of amides is 1. The van der Waals surface area contributed by atoms with Crippen molar-refractivity contribution < 1.29 is 31.5 Å². The first-order valence-corrected chi connectivity index (χ1v) is 12.6. The zero-order valence-corrected chi connectivity index (χ0v) is 21.6. The van der Waals surface area contributed by atoms with Crippen molar-refractivity contribution in [1.82, 2.24) is 19.8 Å².